The molecule has 2 aromatic rings. The molecule has 1 aromatic heterocycles. The zero-order chi connectivity index (χ0) is 21.4. The van der Waals surface area contributed by atoms with Crippen molar-refractivity contribution in [2.24, 2.45) is 5.92 Å². The van der Waals surface area contributed by atoms with Crippen molar-refractivity contribution in [2.75, 3.05) is 44.2 Å². The third-order valence-corrected chi connectivity index (χ3v) is 7.03. The summed E-state index contributed by atoms with van der Waals surface area (Å²) in [5.41, 5.74) is 1.09. The smallest absolute Gasteiger partial charge is 0.258 e. The Morgan fingerprint density at radius 2 is 1.97 bits per heavy atom. The Balaban J connectivity index is 1.21. The predicted octanol–water partition coefficient (Wildman–Crippen LogP) is 3.10. The zero-order valence-corrected chi connectivity index (χ0v) is 18.1. The number of anilines is 1. The highest BCUT2D eigenvalue weighted by atomic mass is 19.1. The van der Waals surface area contributed by atoms with Crippen LogP contribution < -0.4 is 4.90 Å². The molecule has 7 nitrogen and oxygen atoms in total. The van der Waals surface area contributed by atoms with Crippen molar-refractivity contribution >= 4 is 11.6 Å². The van der Waals surface area contributed by atoms with Crippen LogP contribution in [0.15, 0.2) is 22.7 Å². The van der Waals surface area contributed by atoms with Gasteiger partial charge in [0.1, 0.15) is 5.82 Å². The summed E-state index contributed by atoms with van der Waals surface area (Å²) in [6, 6.07) is 5.71. The van der Waals surface area contributed by atoms with Crippen LogP contribution in [0.25, 0.3) is 11.5 Å². The SMILES string of the molecule is Cc1noc(-c2ccc(N3CC[C@@H](C(=O)N4CCCN(C5CCC5)CC4)C3)c(F)c2)n1. The van der Waals surface area contributed by atoms with Gasteiger partial charge in [0, 0.05) is 50.9 Å². The number of hydrogen-bond acceptors (Lipinski definition) is 6. The quantitative estimate of drug-likeness (QED) is 0.747. The Bertz CT molecular complexity index is 944. The van der Waals surface area contributed by atoms with E-state index in [-0.39, 0.29) is 17.6 Å². The second-order valence-corrected chi connectivity index (χ2v) is 9.04. The number of benzene rings is 1. The van der Waals surface area contributed by atoms with E-state index in [1.54, 1.807) is 19.1 Å². The normalized spacial score (nSPS) is 23.1. The number of aromatic nitrogens is 2. The number of hydrogen-bond donors (Lipinski definition) is 0. The van der Waals surface area contributed by atoms with Crippen LogP contribution >= 0.6 is 0 Å². The van der Waals surface area contributed by atoms with Crippen molar-refractivity contribution in [3.63, 3.8) is 0 Å². The van der Waals surface area contributed by atoms with Gasteiger partial charge in [-0.3, -0.25) is 9.69 Å². The molecule has 1 aliphatic carbocycles. The van der Waals surface area contributed by atoms with Crippen molar-refractivity contribution in [2.45, 2.75) is 45.1 Å². The van der Waals surface area contributed by atoms with E-state index in [4.69, 9.17) is 4.52 Å². The summed E-state index contributed by atoms with van der Waals surface area (Å²) in [6.07, 6.45) is 5.77. The van der Waals surface area contributed by atoms with Crippen molar-refractivity contribution < 1.29 is 13.7 Å². The summed E-state index contributed by atoms with van der Waals surface area (Å²) in [7, 11) is 0. The molecule has 1 aromatic carbocycles. The van der Waals surface area contributed by atoms with Crippen LogP contribution in [-0.2, 0) is 4.79 Å². The highest BCUT2D eigenvalue weighted by Crippen LogP contribution is 2.31. The number of carbonyl (C=O) groups excluding carboxylic acids is 1. The van der Waals surface area contributed by atoms with Crippen LogP contribution in [0.4, 0.5) is 10.1 Å². The lowest BCUT2D eigenvalue weighted by Gasteiger charge is -2.36. The first-order valence-electron chi connectivity index (χ1n) is 11.5. The Morgan fingerprint density at radius 3 is 2.68 bits per heavy atom. The van der Waals surface area contributed by atoms with Gasteiger partial charge in [0.2, 0.25) is 5.91 Å². The van der Waals surface area contributed by atoms with E-state index in [0.717, 1.165) is 45.1 Å². The predicted molar refractivity (Wildman–Crippen MR) is 115 cm³/mol. The molecule has 3 heterocycles. The van der Waals surface area contributed by atoms with E-state index < -0.39 is 0 Å². The molecule has 0 spiro atoms. The van der Waals surface area contributed by atoms with Crippen LogP contribution in [-0.4, -0.2) is 71.2 Å². The number of rotatable bonds is 4. The van der Waals surface area contributed by atoms with Crippen LogP contribution in [0.5, 0.6) is 0 Å². The lowest BCUT2D eigenvalue weighted by atomic mass is 9.91. The van der Waals surface area contributed by atoms with Gasteiger partial charge in [-0.1, -0.05) is 11.6 Å². The molecule has 0 unspecified atom stereocenters. The molecule has 0 radical (unpaired) electrons. The van der Waals surface area contributed by atoms with Gasteiger partial charge in [-0.25, -0.2) is 4.39 Å². The van der Waals surface area contributed by atoms with Gasteiger partial charge in [-0.05, 0) is 50.8 Å². The summed E-state index contributed by atoms with van der Waals surface area (Å²) in [5.74, 6) is 0.677. The van der Waals surface area contributed by atoms with E-state index >= 15 is 0 Å². The number of carbonyl (C=O) groups is 1. The largest absolute Gasteiger partial charge is 0.368 e. The van der Waals surface area contributed by atoms with E-state index in [0.29, 0.717) is 36.1 Å². The first kappa shape index (κ1) is 20.4. The van der Waals surface area contributed by atoms with Crippen molar-refractivity contribution in [3.8, 4) is 11.5 Å². The van der Waals surface area contributed by atoms with E-state index in [9.17, 15) is 9.18 Å². The van der Waals surface area contributed by atoms with Gasteiger partial charge < -0.3 is 14.3 Å². The second-order valence-electron chi connectivity index (χ2n) is 9.04. The summed E-state index contributed by atoms with van der Waals surface area (Å²) in [4.78, 5) is 23.9. The molecule has 1 amide bonds. The van der Waals surface area contributed by atoms with Gasteiger partial charge in [0.05, 0.1) is 11.6 Å². The summed E-state index contributed by atoms with van der Waals surface area (Å²) in [6.45, 7) is 6.73. The zero-order valence-electron chi connectivity index (χ0n) is 18.1. The first-order valence-corrected chi connectivity index (χ1v) is 11.5. The highest BCUT2D eigenvalue weighted by molar-refractivity contribution is 5.80. The van der Waals surface area contributed by atoms with Crippen LogP contribution in [0.3, 0.4) is 0 Å². The van der Waals surface area contributed by atoms with Crippen LogP contribution in [0, 0.1) is 18.7 Å². The molecule has 8 heteroatoms. The van der Waals surface area contributed by atoms with E-state index in [1.165, 1.54) is 25.3 Å². The standard InChI is InChI=1S/C23H30FN5O2/c1-16-25-22(31-26-16)17-6-7-21(20(24)14-17)29-11-8-18(15-29)23(30)28-10-3-9-27(12-13-28)19-4-2-5-19/h6-7,14,18-19H,2-5,8-13,15H2,1H3/t18-/m1/s1. The Morgan fingerprint density at radius 1 is 1.10 bits per heavy atom. The molecule has 0 bridgehead atoms. The van der Waals surface area contributed by atoms with Crippen LogP contribution in [0.2, 0.25) is 0 Å². The number of halogens is 1. The van der Waals surface area contributed by atoms with Crippen molar-refractivity contribution in [1.82, 2.24) is 19.9 Å². The van der Waals surface area contributed by atoms with Gasteiger partial charge >= 0.3 is 0 Å². The molecule has 5 rings (SSSR count). The monoisotopic (exact) mass is 427 g/mol. The Labute approximate surface area is 182 Å². The lowest BCUT2D eigenvalue weighted by Crippen LogP contribution is -2.43. The van der Waals surface area contributed by atoms with Crippen molar-refractivity contribution in [1.29, 1.82) is 0 Å². The molecule has 3 fully saturated rings. The third kappa shape index (κ3) is 4.18. The molecule has 3 aliphatic rings. The minimum Gasteiger partial charge on any atom is -0.368 e. The molecular formula is C23H30FN5O2. The molecule has 2 saturated heterocycles. The molecule has 166 valence electrons. The minimum absolute atomic E-state index is 0.0621. The van der Waals surface area contributed by atoms with Gasteiger partial charge in [0.25, 0.3) is 5.89 Å². The molecule has 0 N–H and O–H groups in total. The maximum atomic E-state index is 14.9. The average molecular weight is 428 g/mol. The summed E-state index contributed by atoms with van der Waals surface area (Å²) >= 11 is 0. The number of aryl methyl sites for hydroxylation is 1. The molecule has 1 saturated carbocycles. The fourth-order valence-corrected chi connectivity index (χ4v) is 5.02. The lowest BCUT2D eigenvalue weighted by molar-refractivity contribution is -0.134. The molecule has 31 heavy (non-hydrogen) atoms. The highest BCUT2D eigenvalue weighted by Gasteiger charge is 2.34. The van der Waals surface area contributed by atoms with Crippen molar-refractivity contribution in [3.05, 3.63) is 29.8 Å². The summed E-state index contributed by atoms with van der Waals surface area (Å²) < 4.78 is 20.0. The fourth-order valence-electron chi connectivity index (χ4n) is 5.02. The summed E-state index contributed by atoms with van der Waals surface area (Å²) in [5, 5.41) is 3.76. The Hall–Kier alpha value is -2.48. The number of nitrogens with zero attached hydrogens (tertiary/aromatic N) is 5. The van der Waals surface area contributed by atoms with Gasteiger partial charge in [-0.2, -0.15) is 4.98 Å². The van der Waals surface area contributed by atoms with E-state index in [2.05, 4.69) is 15.0 Å². The maximum absolute atomic E-state index is 14.9. The molecule has 1 atom stereocenters. The number of amides is 1. The minimum atomic E-state index is -0.327. The topological polar surface area (TPSA) is 65.7 Å². The average Bonchev–Trinajstić information content (AvgIpc) is 3.31. The van der Waals surface area contributed by atoms with Gasteiger partial charge in [-0.15, -0.1) is 0 Å². The molecular weight excluding hydrogens is 397 g/mol. The second kappa shape index (κ2) is 8.57. The first-order chi connectivity index (χ1) is 15.1. The molecule has 2 aliphatic heterocycles. The Kier molecular flexibility index (Phi) is 5.65. The maximum Gasteiger partial charge on any atom is 0.258 e. The van der Waals surface area contributed by atoms with Crippen LogP contribution in [0.1, 0.15) is 37.9 Å². The van der Waals surface area contributed by atoms with E-state index in [1.807, 2.05) is 9.80 Å². The fraction of sp³-hybridized carbons (Fsp3) is 0.609. The van der Waals surface area contributed by atoms with Gasteiger partial charge in [0.15, 0.2) is 5.82 Å². The third-order valence-electron chi connectivity index (χ3n) is 7.03.